The smallest absolute Gasteiger partial charge is 0.123 e. The molecule has 4 aromatic rings. The van der Waals surface area contributed by atoms with Crippen LogP contribution in [-0.2, 0) is 12.8 Å². The fourth-order valence-corrected chi connectivity index (χ4v) is 5.46. The van der Waals surface area contributed by atoms with E-state index in [2.05, 4.69) is 51.7 Å². The average molecular weight is 515 g/mol. The zero-order valence-corrected chi connectivity index (χ0v) is 22.1. The zero-order valence-electron chi connectivity index (χ0n) is 22.1. The summed E-state index contributed by atoms with van der Waals surface area (Å²) in [6.45, 7) is 6.99. The minimum atomic E-state index is -0.244. The molecule has 1 fully saturated rings. The zero-order chi connectivity index (χ0) is 26.3. The fourth-order valence-electron chi connectivity index (χ4n) is 5.46. The van der Waals surface area contributed by atoms with Crippen molar-refractivity contribution in [2.45, 2.75) is 38.6 Å². The molecule has 0 radical (unpaired) electrons. The van der Waals surface area contributed by atoms with Gasteiger partial charge in [-0.3, -0.25) is 4.90 Å². The van der Waals surface area contributed by atoms with Crippen LogP contribution in [0.4, 0.5) is 8.78 Å². The maximum absolute atomic E-state index is 13.6. The first-order valence-electron chi connectivity index (χ1n) is 13.7. The molecule has 198 valence electrons. The number of piperazine rings is 1. The van der Waals surface area contributed by atoms with Crippen LogP contribution in [0, 0.1) is 11.6 Å². The molecule has 1 saturated heterocycles. The second-order valence-electron chi connectivity index (χ2n) is 10.1. The van der Waals surface area contributed by atoms with E-state index in [4.69, 9.17) is 5.10 Å². The molecule has 0 amide bonds. The third-order valence-electron chi connectivity index (χ3n) is 7.39. The SMILES string of the molecule is CCCc1cc(CCCN2CCN(C(c3ccc(F)cc3)c3ccc(F)cc3)CC2)nn1-c1ccccc1. The normalized spacial score (nSPS) is 14.8. The first-order chi connectivity index (χ1) is 18.6. The molecule has 0 aliphatic carbocycles. The van der Waals surface area contributed by atoms with E-state index in [1.165, 1.54) is 30.0 Å². The van der Waals surface area contributed by atoms with Crippen LogP contribution in [0.1, 0.15) is 48.3 Å². The maximum Gasteiger partial charge on any atom is 0.123 e. The van der Waals surface area contributed by atoms with Crippen LogP contribution in [0.15, 0.2) is 84.9 Å². The summed E-state index contributed by atoms with van der Waals surface area (Å²) in [5, 5.41) is 4.93. The van der Waals surface area contributed by atoms with Gasteiger partial charge in [0.05, 0.1) is 17.4 Å². The van der Waals surface area contributed by atoms with Gasteiger partial charge < -0.3 is 4.90 Å². The van der Waals surface area contributed by atoms with Gasteiger partial charge in [0.1, 0.15) is 11.6 Å². The summed E-state index contributed by atoms with van der Waals surface area (Å²) in [6.07, 6.45) is 4.15. The lowest BCUT2D eigenvalue weighted by Crippen LogP contribution is -2.48. The van der Waals surface area contributed by atoms with Crippen LogP contribution >= 0.6 is 0 Å². The molecule has 6 heteroatoms. The van der Waals surface area contributed by atoms with E-state index in [0.717, 1.165) is 80.9 Å². The summed E-state index contributed by atoms with van der Waals surface area (Å²) in [4.78, 5) is 4.94. The van der Waals surface area contributed by atoms with Crippen molar-refractivity contribution in [1.29, 1.82) is 0 Å². The highest BCUT2D eigenvalue weighted by Crippen LogP contribution is 2.30. The fraction of sp³-hybridized carbons (Fsp3) is 0.344. The molecule has 4 nitrogen and oxygen atoms in total. The van der Waals surface area contributed by atoms with Gasteiger partial charge in [-0.1, -0.05) is 55.8 Å². The van der Waals surface area contributed by atoms with Gasteiger partial charge >= 0.3 is 0 Å². The second-order valence-corrected chi connectivity index (χ2v) is 10.1. The first-order valence-corrected chi connectivity index (χ1v) is 13.7. The van der Waals surface area contributed by atoms with Crippen molar-refractivity contribution < 1.29 is 8.78 Å². The Kier molecular flexibility index (Phi) is 8.61. The van der Waals surface area contributed by atoms with Gasteiger partial charge in [-0.2, -0.15) is 5.10 Å². The highest BCUT2D eigenvalue weighted by Gasteiger charge is 2.26. The van der Waals surface area contributed by atoms with Crippen molar-refractivity contribution >= 4 is 0 Å². The maximum atomic E-state index is 13.6. The lowest BCUT2D eigenvalue weighted by Gasteiger charge is -2.39. The summed E-state index contributed by atoms with van der Waals surface area (Å²) in [5.41, 5.74) is 5.61. The number of hydrogen-bond acceptors (Lipinski definition) is 3. The molecular formula is C32H36F2N4. The predicted octanol–water partition coefficient (Wildman–Crippen LogP) is 6.44. The van der Waals surface area contributed by atoms with Crippen LogP contribution in [-0.4, -0.2) is 52.3 Å². The second kappa shape index (κ2) is 12.5. The molecule has 2 heterocycles. The van der Waals surface area contributed by atoms with Crippen LogP contribution in [0.5, 0.6) is 0 Å². The molecule has 5 rings (SSSR count). The largest absolute Gasteiger partial charge is 0.301 e. The summed E-state index contributed by atoms with van der Waals surface area (Å²) >= 11 is 0. The Morgan fingerprint density at radius 1 is 0.763 bits per heavy atom. The van der Waals surface area contributed by atoms with Gasteiger partial charge in [0.25, 0.3) is 0 Å². The third kappa shape index (κ3) is 6.37. The Balaban J connectivity index is 1.19. The Morgan fingerprint density at radius 3 is 1.95 bits per heavy atom. The van der Waals surface area contributed by atoms with E-state index in [1.807, 2.05) is 30.3 Å². The average Bonchev–Trinajstić information content (AvgIpc) is 3.35. The van der Waals surface area contributed by atoms with Gasteiger partial charge in [0, 0.05) is 31.9 Å². The Morgan fingerprint density at radius 2 is 1.37 bits per heavy atom. The number of halogens is 2. The highest BCUT2D eigenvalue weighted by atomic mass is 19.1. The van der Waals surface area contributed by atoms with Crippen molar-refractivity contribution in [3.8, 4) is 5.69 Å². The van der Waals surface area contributed by atoms with Gasteiger partial charge in [0.2, 0.25) is 0 Å². The molecule has 0 unspecified atom stereocenters. The summed E-state index contributed by atoms with van der Waals surface area (Å²) < 4.78 is 29.3. The Labute approximate surface area is 224 Å². The van der Waals surface area contributed by atoms with Gasteiger partial charge in [-0.15, -0.1) is 0 Å². The molecule has 1 aliphatic heterocycles. The summed E-state index contributed by atoms with van der Waals surface area (Å²) in [6, 6.07) is 26.0. The van der Waals surface area contributed by atoms with Gasteiger partial charge in [-0.25, -0.2) is 13.5 Å². The van der Waals surface area contributed by atoms with E-state index in [1.54, 1.807) is 0 Å². The molecule has 38 heavy (non-hydrogen) atoms. The van der Waals surface area contributed by atoms with E-state index >= 15 is 0 Å². The lowest BCUT2D eigenvalue weighted by molar-refractivity contribution is 0.108. The molecule has 1 aromatic heterocycles. The monoisotopic (exact) mass is 514 g/mol. The molecule has 0 N–H and O–H groups in total. The molecule has 1 aliphatic rings. The van der Waals surface area contributed by atoms with E-state index < -0.39 is 0 Å². The molecule has 0 spiro atoms. The Hall–Kier alpha value is -3.35. The molecule has 0 bridgehead atoms. The van der Waals surface area contributed by atoms with Crippen molar-refractivity contribution in [1.82, 2.24) is 19.6 Å². The van der Waals surface area contributed by atoms with Gasteiger partial charge in [-0.05, 0) is 79.4 Å². The van der Waals surface area contributed by atoms with Crippen molar-refractivity contribution in [2.75, 3.05) is 32.7 Å². The minimum absolute atomic E-state index is 0.0164. The number of benzene rings is 3. The topological polar surface area (TPSA) is 24.3 Å². The molecule has 3 aromatic carbocycles. The van der Waals surface area contributed by atoms with Crippen molar-refractivity contribution in [3.05, 3.63) is 119 Å². The highest BCUT2D eigenvalue weighted by molar-refractivity contribution is 5.34. The van der Waals surface area contributed by atoms with Crippen LogP contribution < -0.4 is 0 Å². The number of nitrogens with zero attached hydrogens (tertiary/aromatic N) is 4. The van der Waals surface area contributed by atoms with Gasteiger partial charge in [0.15, 0.2) is 0 Å². The number of hydrogen-bond donors (Lipinski definition) is 0. The lowest BCUT2D eigenvalue weighted by atomic mass is 9.96. The minimum Gasteiger partial charge on any atom is -0.301 e. The molecule has 0 atom stereocenters. The standard InChI is InChI=1S/C32H36F2N4/c1-2-7-31-24-29(35-38(31)30-9-4-3-5-10-30)8-6-19-36-20-22-37(23-21-36)32(25-11-15-27(33)16-12-25)26-13-17-28(34)18-14-26/h3-5,9-18,24,32H,2,6-8,19-23H2,1H3. The molecular weight excluding hydrogens is 478 g/mol. The quantitative estimate of drug-likeness (QED) is 0.243. The summed E-state index contributed by atoms with van der Waals surface area (Å²) in [7, 11) is 0. The number of rotatable bonds is 10. The first kappa shape index (κ1) is 26.3. The number of para-hydroxylation sites is 1. The Bertz CT molecular complexity index is 1230. The van der Waals surface area contributed by atoms with Crippen LogP contribution in [0.2, 0.25) is 0 Å². The van der Waals surface area contributed by atoms with E-state index in [-0.39, 0.29) is 17.7 Å². The predicted molar refractivity (Wildman–Crippen MR) is 149 cm³/mol. The van der Waals surface area contributed by atoms with Crippen molar-refractivity contribution in [3.63, 3.8) is 0 Å². The summed E-state index contributed by atoms with van der Waals surface area (Å²) in [5.74, 6) is -0.487. The van der Waals surface area contributed by atoms with Crippen LogP contribution in [0.25, 0.3) is 5.69 Å². The number of aryl methyl sites for hydroxylation is 2. The van der Waals surface area contributed by atoms with E-state index in [9.17, 15) is 8.78 Å². The van der Waals surface area contributed by atoms with Crippen molar-refractivity contribution in [2.24, 2.45) is 0 Å². The van der Waals surface area contributed by atoms with Crippen LogP contribution in [0.3, 0.4) is 0 Å². The number of aromatic nitrogens is 2. The van der Waals surface area contributed by atoms with E-state index in [0.29, 0.717) is 0 Å². The third-order valence-corrected chi connectivity index (χ3v) is 7.39. The molecule has 0 saturated carbocycles.